The predicted octanol–water partition coefficient (Wildman–Crippen LogP) is 4.37. The van der Waals surface area contributed by atoms with E-state index >= 15 is 0 Å². The Hall–Kier alpha value is -1.71. The Morgan fingerprint density at radius 3 is 2.41 bits per heavy atom. The molecule has 0 aromatic carbocycles. The lowest BCUT2D eigenvalue weighted by molar-refractivity contribution is -0.214. The van der Waals surface area contributed by atoms with Crippen molar-refractivity contribution in [2.24, 2.45) is 34.0 Å². The van der Waals surface area contributed by atoms with Gasteiger partial charge in [0.05, 0.1) is 6.10 Å². The number of nitrogens with one attached hydrogen (secondary N) is 2. The van der Waals surface area contributed by atoms with Gasteiger partial charge in [0.15, 0.2) is 0 Å². The van der Waals surface area contributed by atoms with Gasteiger partial charge in [-0.25, -0.2) is 9.59 Å². The first-order valence-electron chi connectivity index (χ1n) is 15.8. The summed E-state index contributed by atoms with van der Waals surface area (Å²) in [6.07, 6.45) is 5.32. The number of carbonyl (C=O) groups is 3. The number of aliphatic hydroxyl groups is 2. The molecular formula is C32H56N2O7. The van der Waals surface area contributed by atoms with Crippen molar-refractivity contribution in [2.75, 3.05) is 26.2 Å². The standard InChI is InChI=1S/C32H56N2O7/c1-8-30(6)18-24(40-25(37)20-35)31(7)21(2)12-14-32(15-13-23(36)26(31)32)22(27(30)38)19-33-16-10-9-11-17-34-28(39)41-29(3,4)5/h21-22,24,26-27,33,35,38H,8-20H2,1-7H3,(H,34,39)/t21-,22+,24-,26?,27+,30+,31+,32+/m1/s1. The maximum atomic E-state index is 13.7. The molecule has 8 atom stereocenters. The molecule has 3 fully saturated rings. The van der Waals surface area contributed by atoms with Gasteiger partial charge in [0, 0.05) is 36.8 Å². The average Bonchev–Trinajstić information content (AvgIpc) is 3.25. The number of carbonyl (C=O) groups excluding carboxylic acids is 3. The van der Waals surface area contributed by atoms with Crippen LogP contribution in [-0.4, -0.2) is 72.1 Å². The third-order valence-corrected chi connectivity index (χ3v) is 10.9. The summed E-state index contributed by atoms with van der Waals surface area (Å²) in [7, 11) is 0. The summed E-state index contributed by atoms with van der Waals surface area (Å²) in [5.74, 6) is -0.675. The molecule has 9 heteroatoms. The Balaban J connectivity index is 1.73. The van der Waals surface area contributed by atoms with Crippen LogP contribution in [0.15, 0.2) is 0 Å². The highest BCUT2D eigenvalue weighted by atomic mass is 16.6. The molecule has 3 saturated carbocycles. The van der Waals surface area contributed by atoms with Crippen LogP contribution < -0.4 is 10.6 Å². The average molecular weight is 581 g/mol. The lowest BCUT2D eigenvalue weighted by atomic mass is 9.43. The Morgan fingerprint density at radius 2 is 1.78 bits per heavy atom. The summed E-state index contributed by atoms with van der Waals surface area (Å²) in [5, 5.41) is 28.0. The zero-order chi connectivity index (χ0) is 30.6. The molecule has 1 amide bonds. The number of esters is 1. The first kappa shape index (κ1) is 33.8. The van der Waals surface area contributed by atoms with Gasteiger partial charge in [-0.15, -0.1) is 0 Å². The number of aliphatic hydroxyl groups excluding tert-OH is 2. The largest absolute Gasteiger partial charge is 0.460 e. The Labute approximate surface area is 246 Å². The SMILES string of the molecule is CC[C@@]1(C)C[C@@H](OC(=O)CO)[C@@]2(C)C3C(=O)CC[C@@]3(CC[C@H]2C)[C@@H](CNCCCCCNC(=O)OC(C)(C)C)[C@@H]1O. The number of ether oxygens (including phenoxy) is 2. The summed E-state index contributed by atoms with van der Waals surface area (Å²) in [6, 6.07) is 0. The molecule has 1 unspecified atom stereocenters. The van der Waals surface area contributed by atoms with Crippen LogP contribution >= 0.6 is 0 Å². The molecule has 3 rings (SSSR count). The zero-order valence-corrected chi connectivity index (χ0v) is 26.5. The van der Waals surface area contributed by atoms with E-state index in [9.17, 15) is 24.6 Å². The number of unbranched alkanes of at least 4 members (excludes halogenated alkanes) is 2. The molecular weight excluding hydrogens is 524 g/mol. The quantitative estimate of drug-likeness (QED) is 0.209. The van der Waals surface area contributed by atoms with Crippen molar-refractivity contribution in [3.63, 3.8) is 0 Å². The lowest BCUT2D eigenvalue weighted by Gasteiger charge is -2.62. The van der Waals surface area contributed by atoms with Gasteiger partial charge in [-0.1, -0.05) is 34.1 Å². The third-order valence-electron chi connectivity index (χ3n) is 10.9. The van der Waals surface area contributed by atoms with E-state index in [0.29, 0.717) is 32.4 Å². The van der Waals surface area contributed by atoms with Gasteiger partial charge in [0.2, 0.25) is 0 Å². The van der Waals surface area contributed by atoms with E-state index in [4.69, 9.17) is 9.47 Å². The topological polar surface area (TPSA) is 134 Å². The molecule has 2 bridgehead atoms. The Morgan fingerprint density at radius 1 is 1.10 bits per heavy atom. The van der Waals surface area contributed by atoms with E-state index in [-0.39, 0.29) is 29.0 Å². The molecule has 0 heterocycles. The van der Waals surface area contributed by atoms with Crippen LogP contribution in [0.2, 0.25) is 0 Å². The van der Waals surface area contributed by atoms with Crippen molar-refractivity contribution in [1.29, 1.82) is 0 Å². The molecule has 3 aliphatic carbocycles. The first-order chi connectivity index (χ1) is 19.1. The van der Waals surface area contributed by atoms with Crippen LogP contribution in [0.25, 0.3) is 0 Å². The second kappa shape index (κ2) is 13.3. The van der Waals surface area contributed by atoms with Crippen molar-refractivity contribution < 1.29 is 34.1 Å². The van der Waals surface area contributed by atoms with Gasteiger partial charge in [0.1, 0.15) is 24.1 Å². The fourth-order valence-electron chi connectivity index (χ4n) is 8.28. The van der Waals surface area contributed by atoms with Crippen molar-refractivity contribution in [1.82, 2.24) is 10.6 Å². The van der Waals surface area contributed by atoms with E-state index < -0.39 is 47.3 Å². The highest BCUT2D eigenvalue weighted by Crippen LogP contribution is 2.68. The fraction of sp³-hybridized carbons (Fsp3) is 0.906. The summed E-state index contributed by atoms with van der Waals surface area (Å²) >= 11 is 0. The van der Waals surface area contributed by atoms with Gasteiger partial charge < -0.3 is 30.3 Å². The maximum Gasteiger partial charge on any atom is 0.407 e. The van der Waals surface area contributed by atoms with Crippen LogP contribution in [0.4, 0.5) is 4.79 Å². The molecule has 3 aliphatic rings. The Kier molecular flexibility index (Phi) is 11.0. The van der Waals surface area contributed by atoms with E-state index in [2.05, 4.69) is 38.3 Å². The van der Waals surface area contributed by atoms with Crippen LogP contribution in [0, 0.1) is 34.0 Å². The van der Waals surface area contributed by atoms with Gasteiger partial charge in [-0.05, 0) is 89.0 Å². The summed E-state index contributed by atoms with van der Waals surface area (Å²) in [6.45, 7) is 15.3. The van der Waals surface area contributed by atoms with E-state index in [1.54, 1.807) is 0 Å². The van der Waals surface area contributed by atoms with E-state index in [1.807, 2.05) is 20.8 Å². The number of amides is 1. The second-order valence-corrected chi connectivity index (χ2v) is 14.5. The minimum atomic E-state index is -0.695. The van der Waals surface area contributed by atoms with E-state index in [1.165, 1.54) is 0 Å². The number of hydrogen-bond donors (Lipinski definition) is 4. The molecule has 0 radical (unpaired) electrons. The van der Waals surface area contributed by atoms with Gasteiger partial charge in [-0.3, -0.25) is 4.79 Å². The van der Waals surface area contributed by atoms with Crippen LogP contribution in [0.3, 0.4) is 0 Å². The minimum Gasteiger partial charge on any atom is -0.460 e. The molecule has 0 aromatic rings. The third kappa shape index (κ3) is 7.10. The van der Waals surface area contributed by atoms with Crippen molar-refractivity contribution in [2.45, 2.75) is 124 Å². The second-order valence-electron chi connectivity index (χ2n) is 14.5. The molecule has 0 aliphatic heterocycles. The van der Waals surface area contributed by atoms with Gasteiger partial charge >= 0.3 is 12.1 Å². The zero-order valence-electron chi connectivity index (χ0n) is 26.5. The first-order valence-corrected chi connectivity index (χ1v) is 15.8. The van der Waals surface area contributed by atoms with Gasteiger partial charge in [0.25, 0.3) is 0 Å². The van der Waals surface area contributed by atoms with Crippen molar-refractivity contribution in [3.8, 4) is 0 Å². The minimum absolute atomic E-state index is 0.0981. The summed E-state index contributed by atoms with van der Waals surface area (Å²) < 4.78 is 11.2. The van der Waals surface area contributed by atoms with Crippen LogP contribution in [0.1, 0.15) is 106 Å². The highest BCUT2D eigenvalue weighted by molar-refractivity contribution is 5.85. The highest BCUT2D eigenvalue weighted by Gasteiger charge is 2.69. The smallest absolute Gasteiger partial charge is 0.407 e. The van der Waals surface area contributed by atoms with Gasteiger partial charge in [-0.2, -0.15) is 0 Å². The number of ketones is 1. The molecule has 0 spiro atoms. The van der Waals surface area contributed by atoms with Crippen molar-refractivity contribution in [3.05, 3.63) is 0 Å². The number of alkyl carbamates (subject to hydrolysis) is 1. The Bertz CT molecular complexity index is 935. The monoisotopic (exact) mass is 580 g/mol. The molecule has 41 heavy (non-hydrogen) atoms. The molecule has 9 nitrogen and oxygen atoms in total. The maximum absolute atomic E-state index is 13.7. The lowest BCUT2D eigenvalue weighted by Crippen LogP contribution is -2.65. The molecule has 4 N–H and O–H groups in total. The number of hydrogen-bond acceptors (Lipinski definition) is 8. The fourth-order valence-corrected chi connectivity index (χ4v) is 8.28. The summed E-state index contributed by atoms with van der Waals surface area (Å²) in [5.41, 5.74) is -1.94. The van der Waals surface area contributed by atoms with E-state index in [0.717, 1.165) is 45.1 Å². The summed E-state index contributed by atoms with van der Waals surface area (Å²) in [4.78, 5) is 37.9. The van der Waals surface area contributed by atoms with Crippen LogP contribution in [-0.2, 0) is 19.1 Å². The predicted molar refractivity (Wildman–Crippen MR) is 157 cm³/mol. The number of rotatable bonds is 11. The molecule has 0 saturated heterocycles. The van der Waals surface area contributed by atoms with Crippen LogP contribution in [0.5, 0.6) is 0 Å². The van der Waals surface area contributed by atoms with Crippen molar-refractivity contribution >= 4 is 17.8 Å². The number of Topliss-reactive ketones (excluding diaryl/α,β-unsaturated/α-hetero) is 1. The normalized spacial score (nSPS) is 37.1. The molecule has 236 valence electrons. The molecule has 0 aromatic heterocycles.